The Hall–Kier alpha value is -1.43. The van der Waals surface area contributed by atoms with E-state index in [2.05, 4.69) is 5.32 Å². The monoisotopic (exact) mass is 273 g/mol. The van der Waals surface area contributed by atoms with Gasteiger partial charge in [-0.15, -0.1) is 3.89 Å². The van der Waals surface area contributed by atoms with Crippen LogP contribution in [0.25, 0.3) is 0 Å². The molecule has 0 fully saturated rings. The maximum atomic E-state index is 13.0. The van der Waals surface area contributed by atoms with Crippen LogP contribution in [0.3, 0.4) is 0 Å². The molecule has 1 rings (SSSR count). The molecule has 1 amide bonds. The number of benzene rings is 1. The van der Waals surface area contributed by atoms with Crippen LogP contribution in [0.1, 0.15) is 27.2 Å². The summed E-state index contributed by atoms with van der Waals surface area (Å²) in [4.78, 5) is 11.4. The highest BCUT2D eigenvalue weighted by molar-refractivity contribution is 7.86. The maximum absolute atomic E-state index is 13.0. The molecule has 18 heavy (non-hydrogen) atoms. The van der Waals surface area contributed by atoms with Crippen molar-refractivity contribution in [1.82, 2.24) is 0 Å². The van der Waals surface area contributed by atoms with Crippen molar-refractivity contribution in [3.05, 3.63) is 24.3 Å². The van der Waals surface area contributed by atoms with Gasteiger partial charge in [0.2, 0.25) is 5.91 Å². The van der Waals surface area contributed by atoms with E-state index in [0.717, 1.165) is 6.07 Å². The van der Waals surface area contributed by atoms with E-state index in [1.807, 2.05) is 6.92 Å². The molecule has 0 heterocycles. The number of para-hydroxylation sites is 1. The summed E-state index contributed by atoms with van der Waals surface area (Å²) in [6.07, 6.45) is 0.587. The van der Waals surface area contributed by atoms with Gasteiger partial charge in [-0.3, -0.25) is 4.79 Å². The molecule has 0 unspecified atom stereocenters. The van der Waals surface area contributed by atoms with Gasteiger partial charge in [0.15, 0.2) is 0 Å². The smallest absolute Gasteiger partial charge is 0.324 e. The number of hydrogen-bond donors (Lipinski definition) is 1. The molecule has 0 aromatic heterocycles. The number of anilines is 1. The number of carbonyl (C=O) groups excluding carboxylic acids is 1. The predicted molar refractivity (Wildman–Crippen MR) is 67.4 cm³/mol. The highest BCUT2D eigenvalue weighted by Crippen LogP contribution is 2.26. The lowest BCUT2D eigenvalue weighted by molar-refractivity contribution is -0.124. The van der Waals surface area contributed by atoms with Crippen molar-refractivity contribution in [3.63, 3.8) is 0 Å². The summed E-state index contributed by atoms with van der Waals surface area (Å²) < 4.78 is 34.9. The molecule has 0 aliphatic carbocycles. The fourth-order valence-corrected chi connectivity index (χ4v) is 1.86. The molecule has 4 nitrogen and oxygen atoms in total. The van der Waals surface area contributed by atoms with E-state index in [1.54, 1.807) is 13.8 Å². The number of amides is 1. The molecule has 100 valence electrons. The van der Waals surface area contributed by atoms with Gasteiger partial charge in [0.25, 0.3) is 0 Å². The van der Waals surface area contributed by atoms with E-state index in [9.17, 15) is 17.1 Å². The van der Waals surface area contributed by atoms with Crippen LogP contribution in [-0.4, -0.2) is 14.3 Å². The second-order valence-corrected chi connectivity index (χ2v) is 5.94. The Labute approximate surface area is 106 Å². The van der Waals surface area contributed by atoms with Gasteiger partial charge in [0, 0.05) is 5.41 Å². The molecule has 0 bridgehead atoms. The lowest BCUT2D eigenvalue weighted by atomic mass is 9.89. The molecule has 0 saturated carbocycles. The standard InChI is InChI=1S/C12H16FNO3S/c1-4-12(2,3)11(15)14-9-7-5-6-8-10(9)18(13,16)17/h5-8H,4H2,1-3H3,(H,14,15). The second-order valence-electron chi connectivity index (χ2n) is 4.63. The van der Waals surface area contributed by atoms with Gasteiger partial charge < -0.3 is 5.32 Å². The zero-order valence-electron chi connectivity index (χ0n) is 10.5. The fraction of sp³-hybridized carbons (Fsp3) is 0.417. The lowest BCUT2D eigenvalue weighted by Crippen LogP contribution is -2.30. The lowest BCUT2D eigenvalue weighted by Gasteiger charge is -2.22. The normalized spacial score (nSPS) is 12.2. The van der Waals surface area contributed by atoms with Crippen LogP contribution in [0.15, 0.2) is 29.2 Å². The molecule has 0 spiro atoms. The van der Waals surface area contributed by atoms with E-state index in [1.165, 1.54) is 18.2 Å². The fourth-order valence-electron chi connectivity index (χ4n) is 1.23. The molecule has 6 heteroatoms. The van der Waals surface area contributed by atoms with Gasteiger partial charge >= 0.3 is 10.2 Å². The largest absolute Gasteiger partial charge is 0.334 e. The van der Waals surface area contributed by atoms with Crippen molar-refractivity contribution < 1.29 is 17.1 Å². The first kappa shape index (κ1) is 14.6. The summed E-state index contributed by atoms with van der Waals surface area (Å²) in [5, 5.41) is 2.45. The highest BCUT2D eigenvalue weighted by Gasteiger charge is 2.27. The molecule has 1 N–H and O–H groups in total. The molecule has 0 saturated heterocycles. The summed E-state index contributed by atoms with van der Waals surface area (Å²) >= 11 is 0. The van der Waals surface area contributed by atoms with E-state index >= 15 is 0 Å². The van der Waals surface area contributed by atoms with Crippen LogP contribution in [0, 0.1) is 5.41 Å². The average Bonchev–Trinajstić information content (AvgIpc) is 2.28. The molecule has 0 aliphatic rings. The highest BCUT2D eigenvalue weighted by atomic mass is 32.3. The molecule has 1 aromatic carbocycles. The zero-order chi connectivity index (χ0) is 14.0. The van der Waals surface area contributed by atoms with Crippen molar-refractivity contribution >= 4 is 21.8 Å². The number of halogens is 1. The molecule has 0 aliphatic heterocycles. The Morgan fingerprint density at radius 2 is 1.89 bits per heavy atom. The summed E-state index contributed by atoms with van der Waals surface area (Å²) in [7, 11) is -4.85. The number of hydrogen-bond acceptors (Lipinski definition) is 3. The Bertz CT molecular complexity index is 552. The van der Waals surface area contributed by atoms with Crippen molar-refractivity contribution in [3.8, 4) is 0 Å². The third kappa shape index (κ3) is 3.29. The van der Waals surface area contributed by atoms with Crippen molar-refractivity contribution in [2.45, 2.75) is 32.1 Å². The minimum Gasteiger partial charge on any atom is -0.324 e. The molecular weight excluding hydrogens is 257 g/mol. The van der Waals surface area contributed by atoms with Crippen molar-refractivity contribution in [2.24, 2.45) is 5.41 Å². The number of rotatable bonds is 4. The van der Waals surface area contributed by atoms with E-state index in [4.69, 9.17) is 0 Å². The minimum atomic E-state index is -4.85. The molecule has 1 aromatic rings. The summed E-state index contributed by atoms with van der Waals surface area (Å²) in [5.41, 5.74) is -0.681. The third-order valence-electron chi connectivity index (χ3n) is 2.90. The Morgan fingerprint density at radius 1 is 1.33 bits per heavy atom. The number of carbonyl (C=O) groups is 1. The maximum Gasteiger partial charge on any atom is 0.334 e. The molecular formula is C12H16FNO3S. The van der Waals surface area contributed by atoms with Crippen LogP contribution in [-0.2, 0) is 15.0 Å². The van der Waals surface area contributed by atoms with Gasteiger partial charge in [-0.25, -0.2) is 0 Å². The second kappa shape index (κ2) is 5.06. The number of nitrogens with one attached hydrogen (secondary N) is 1. The van der Waals surface area contributed by atoms with Crippen LogP contribution in [0.5, 0.6) is 0 Å². The molecule has 0 radical (unpaired) electrons. The Kier molecular flexibility index (Phi) is 4.11. The first-order valence-corrected chi connectivity index (χ1v) is 6.92. The first-order valence-electron chi connectivity index (χ1n) is 5.53. The van der Waals surface area contributed by atoms with Crippen LogP contribution in [0.2, 0.25) is 0 Å². The van der Waals surface area contributed by atoms with Gasteiger partial charge in [-0.2, -0.15) is 8.42 Å². The Morgan fingerprint density at radius 3 is 2.39 bits per heavy atom. The van der Waals surface area contributed by atoms with Crippen LogP contribution >= 0.6 is 0 Å². The van der Waals surface area contributed by atoms with E-state index in [-0.39, 0.29) is 11.6 Å². The van der Waals surface area contributed by atoms with Crippen LogP contribution in [0.4, 0.5) is 9.57 Å². The predicted octanol–water partition coefficient (Wildman–Crippen LogP) is 2.72. The topological polar surface area (TPSA) is 63.2 Å². The SMILES string of the molecule is CCC(C)(C)C(=O)Nc1ccccc1S(=O)(=O)F. The molecule has 0 atom stereocenters. The van der Waals surface area contributed by atoms with Crippen molar-refractivity contribution in [1.29, 1.82) is 0 Å². The van der Waals surface area contributed by atoms with Crippen molar-refractivity contribution in [2.75, 3.05) is 5.32 Å². The Balaban J connectivity index is 3.11. The first-order chi connectivity index (χ1) is 8.18. The van der Waals surface area contributed by atoms with E-state index in [0.29, 0.717) is 6.42 Å². The summed E-state index contributed by atoms with van der Waals surface area (Å²) in [5.74, 6) is -0.346. The van der Waals surface area contributed by atoms with Gasteiger partial charge in [-0.05, 0) is 18.6 Å². The zero-order valence-corrected chi connectivity index (χ0v) is 11.3. The average molecular weight is 273 g/mol. The minimum absolute atomic E-state index is 0.0356. The van der Waals surface area contributed by atoms with Crippen LogP contribution < -0.4 is 5.32 Å². The van der Waals surface area contributed by atoms with Gasteiger partial charge in [0.05, 0.1) is 5.69 Å². The third-order valence-corrected chi connectivity index (χ3v) is 3.78. The van der Waals surface area contributed by atoms with E-state index < -0.39 is 20.5 Å². The summed E-state index contributed by atoms with van der Waals surface area (Å²) in [6.45, 7) is 5.31. The van der Waals surface area contributed by atoms with Gasteiger partial charge in [-0.1, -0.05) is 32.9 Å². The summed E-state index contributed by atoms with van der Waals surface area (Å²) in [6, 6.07) is 5.40. The quantitative estimate of drug-likeness (QED) is 0.858. The van der Waals surface area contributed by atoms with Gasteiger partial charge in [0.1, 0.15) is 4.90 Å².